The fraction of sp³-hybridized carbons (Fsp3) is 0.179. The molecule has 0 amide bonds. The highest BCUT2D eigenvalue weighted by molar-refractivity contribution is 6.07. The zero-order valence-corrected chi connectivity index (χ0v) is 18.5. The van der Waals surface area contributed by atoms with Crippen LogP contribution in [-0.4, -0.2) is 16.7 Å². The molecule has 4 aromatic rings. The molecule has 0 aliphatic carbocycles. The Labute approximate surface area is 191 Å². The molecule has 4 rings (SSSR count). The molecule has 1 heterocycles. The summed E-state index contributed by atoms with van der Waals surface area (Å²) in [7, 11) is 0. The summed E-state index contributed by atoms with van der Waals surface area (Å²) in [5.74, 6) is -0.498. The Hall–Kier alpha value is -3.60. The molecule has 0 saturated carbocycles. The normalized spacial score (nSPS) is 11.7. The van der Waals surface area contributed by atoms with Crippen LogP contribution in [0.5, 0.6) is 0 Å². The van der Waals surface area contributed by atoms with Crippen LogP contribution in [0.1, 0.15) is 36.3 Å². The van der Waals surface area contributed by atoms with Crippen molar-refractivity contribution in [1.82, 2.24) is 4.57 Å². The third kappa shape index (κ3) is 4.23. The van der Waals surface area contributed by atoms with Crippen LogP contribution in [0.4, 0.5) is 13.2 Å². The van der Waals surface area contributed by atoms with Crippen LogP contribution in [0.3, 0.4) is 0 Å². The SMILES string of the molecule is C=C(c1c(-c2ccc(-c3ccc(CCC)cc3)cc2)c2ccccc2n1C(C)=O)C(F)(F)F. The van der Waals surface area contributed by atoms with Crippen molar-refractivity contribution in [3.8, 4) is 22.3 Å². The van der Waals surface area contributed by atoms with Crippen LogP contribution in [-0.2, 0) is 6.42 Å². The number of fused-ring (bicyclic) bond motifs is 1. The maximum absolute atomic E-state index is 13.8. The van der Waals surface area contributed by atoms with Crippen LogP contribution < -0.4 is 0 Å². The van der Waals surface area contributed by atoms with Crippen molar-refractivity contribution in [2.75, 3.05) is 0 Å². The fourth-order valence-electron chi connectivity index (χ4n) is 4.26. The van der Waals surface area contributed by atoms with Gasteiger partial charge in [-0.3, -0.25) is 9.36 Å². The quantitative estimate of drug-likeness (QED) is 0.302. The molecule has 0 fully saturated rings. The van der Waals surface area contributed by atoms with E-state index in [4.69, 9.17) is 0 Å². The van der Waals surface area contributed by atoms with Gasteiger partial charge in [-0.1, -0.05) is 86.7 Å². The monoisotopic (exact) mass is 447 g/mol. The summed E-state index contributed by atoms with van der Waals surface area (Å²) in [5, 5.41) is 0.574. The first kappa shape index (κ1) is 22.6. The average molecular weight is 448 g/mol. The van der Waals surface area contributed by atoms with Crippen molar-refractivity contribution in [1.29, 1.82) is 0 Å². The Kier molecular flexibility index (Phi) is 5.98. The van der Waals surface area contributed by atoms with E-state index in [2.05, 4.69) is 37.8 Å². The summed E-state index contributed by atoms with van der Waals surface area (Å²) in [6, 6.07) is 22.5. The summed E-state index contributed by atoms with van der Waals surface area (Å²) in [5.41, 5.74) is 3.39. The van der Waals surface area contributed by atoms with E-state index < -0.39 is 17.7 Å². The van der Waals surface area contributed by atoms with Gasteiger partial charge in [0.2, 0.25) is 5.91 Å². The summed E-state index contributed by atoms with van der Waals surface area (Å²) in [6.07, 6.45) is -2.57. The second kappa shape index (κ2) is 8.74. The molecule has 0 aliphatic rings. The van der Waals surface area contributed by atoms with Crippen molar-refractivity contribution in [3.05, 3.63) is 90.6 Å². The molecule has 0 radical (unpaired) electrons. The number of benzene rings is 3. The molecule has 3 aromatic carbocycles. The Bertz CT molecular complexity index is 1330. The zero-order chi connectivity index (χ0) is 23.8. The van der Waals surface area contributed by atoms with Crippen LogP contribution >= 0.6 is 0 Å². The van der Waals surface area contributed by atoms with E-state index in [-0.39, 0.29) is 5.69 Å². The topological polar surface area (TPSA) is 22.0 Å². The Morgan fingerprint density at radius 2 is 1.42 bits per heavy atom. The van der Waals surface area contributed by atoms with Gasteiger partial charge in [-0.2, -0.15) is 13.2 Å². The number of hydrogen-bond acceptors (Lipinski definition) is 1. The van der Waals surface area contributed by atoms with E-state index in [1.807, 2.05) is 12.1 Å². The predicted octanol–water partition coefficient (Wildman–Crippen LogP) is 8.16. The molecular weight excluding hydrogens is 423 g/mol. The van der Waals surface area contributed by atoms with Gasteiger partial charge >= 0.3 is 6.18 Å². The molecule has 0 atom stereocenters. The van der Waals surface area contributed by atoms with Crippen LogP contribution in [0.2, 0.25) is 0 Å². The fourth-order valence-corrected chi connectivity index (χ4v) is 4.26. The number of alkyl halides is 3. The molecule has 0 bridgehead atoms. The molecule has 1 aromatic heterocycles. The van der Waals surface area contributed by atoms with Gasteiger partial charge in [-0.15, -0.1) is 0 Å². The Morgan fingerprint density at radius 1 is 0.879 bits per heavy atom. The van der Waals surface area contributed by atoms with Gasteiger partial charge in [0.05, 0.1) is 16.8 Å². The Morgan fingerprint density at radius 3 is 1.97 bits per heavy atom. The number of halogens is 3. The molecular formula is C28H24F3NO. The van der Waals surface area contributed by atoms with Crippen LogP contribution in [0.15, 0.2) is 79.4 Å². The van der Waals surface area contributed by atoms with Gasteiger partial charge < -0.3 is 0 Å². The highest BCUT2D eigenvalue weighted by atomic mass is 19.4. The Balaban J connectivity index is 1.87. The summed E-state index contributed by atoms with van der Waals surface area (Å²) in [4.78, 5) is 12.4. The van der Waals surface area contributed by atoms with E-state index in [0.29, 0.717) is 22.0 Å². The van der Waals surface area contributed by atoms with E-state index in [1.54, 1.807) is 36.4 Å². The number of carbonyl (C=O) groups excluding carboxylic acids is 1. The molecule has 5 heteroatoms. The van der Waals surface area contributed by atoms with E-state index >= 15 is 0 Å². The van der Waals surface area contributed by atoms with Gasteiger partial charge in [0.1, 0.15) is 0 Å². The van der Waals surface area contributed by atoms with Gasteiger partial charge in [0.25, 0.3) is 0 Å². The molecule has 2 nitrogen and oxygen atoms in total. The van der Waals surface area contributed by atoms with Gasteiger partial charge in [-0.25, -0.2) is 0 Å². The van der Waals surface area contributed by atoms with E-state index in [9.17, 15) is 18.0 Å². The minimum atomic E-state index is -4.67. The number of aromatic nitrogens is 1. The van der Waals surface area contributed by atoms with E-state index in [0.717, 1.165) is 28.5 Å². The number of carbonyl (C=O) groups is 1. The number of nitrogens with zero attached hydrogens (tertiary/aromatic N) is 1. The maximum atomic E-state index is 13.8. The zero-order valence-electron chi connectivity index (χ0n) is 18.5. The molecule has 33 heavy (non-hydrogen) atoms. The molecule has 0 unspecified atom stereocenters. The number of hydrogen-bond donors (Lipinski definition) is 0. The number of aryl methyl sites for hydroxylation is 1. The molecule has 0 aliphatic heterocycles. The lowest BCUT2D eigenvalue weighted by Crippen LogP contribution is -2.17. The first-order valence-corrected chi connectivity index (χ1v) is 10.8. The highest BCUT2D eigenvalue weighted by Gasteiger charge is 2.38. The number of allylic oxidation sites excluding steroid dienone is 1. The highest BCUT2D eigenvalue weighted by Crippen LogP contribution is 2.43. The number of para-hydroxylation sites is 1. The van der Waals surface area contributed by atoms with Gasteiger partial charge in [0, 0.05) is 17.9 Å². The summed E-state index contributed by atoms with van der Waals surface area (Å²) < 4.78 is 42.4. The standard InChI is InChI=1S/C28H24F3NO/c1-4-7-20-10-12-21(13-11-20)22-14-16-23(17-15-22)26-24-8-5-6-9-25(24)32(19(3)33)27(26)18(2)28(29,30)31/h5-6,8-17H,2,4,7H2,1,3H3. The largest absolute Gasteiger partial charge is 0.417 e. The molecule has 168 valence electrons. The minimum Gasteiger partial charge on any atom is -0.279 e. The van der Waals surface area contributed by atoms with E-state index in [1.165, 1.54) is 12.5 Å². The maximum Gasteiger partial charge on any atom is 0.417 e. The lowest BCUT2D eigenvalue weighted by atomic mass is 9.96. The lowest BCUT2D eigenvalue weighted by Gasteiger charge is -2.15. The summed E-state index contributed by atoms with van der Waals surface area (Å²) in [6.45, 7) is 6.71. The van der Waals surface area contributed by atoms with Crippen LogP contribution in [0.25, 0.3) is 38.7 Å². The minimum absolute atomic E-state index is 0.215. The molecule has 0 spiro atoms. The van der Waals surface area contributed by atoms with Crippen LogP contribution in [0, 0.1) is 0 Å². The molecule has 0 N–H and O–H groups in total. The van der Waals surface area contributed by atoms with Crippen molar-refractivity contribution < 1.29 is 18.0 Å². The third-order valence-corrected chi connectivity index (χ3v) is 5.82. The van der Waals surface area contributed by atoms with Crippen molar-refractivity contribution >= 4 is 22.4 Å². The first-order chi connectivity index (χ1) is 15.7. The molecule has 0 saturated heterocycles. The van der Waals surface area contributed by atoms with Crippen molar-refractivity contribution in [2.24, 2.45) is 0 Å². The van der Waals surface area contributed by atoms with Gasteiger partial charge in [0.15, 0.2) is 0 Å². The smallest absolute Gasteiger partial charge is 0.279 e. The second-order valence-corrected chi connectivity index (χ2v) is 8.10. The first-order valence-electron chi connectivity index (χ1n) is 10.8. The predicted molar refractivity (Wildman–Crippen MR) is 128 cm³/mol. The summed E-state index contributed by atoms with van der Waals surface area (Å²) >= 11 is 0. The second-order valence-electron chi connectivity index (χ2n) is 8.10. The lowest BCUT2D eigenvalue weighted by molar-refractivity contribution is -0.0689. The van der Waals surface area contributed by atoms with Crippen molar-refractivity contribution in [3.63, 3.8) is 0 Å². The number of rotatable bonds is 5. The van der Waals surface area contributed by atoms with Gasteiger partial charge in [-0.05, 0) is 34.7 Å². The average Bonchev–Trinajstić information content (AvgIpc) is 3.14. The van der Waals surface area contributed by atoms with Crippen molar-refractivity contribution in [2.45, 2.75) is 32.9 Å². The third-order valence-electron chi connectivity index (χ3n) is 5.82.